The first kappa shape index (κ1) is 19.4. The predicted molar refractivity (Wildman–Crippen MR) is 128 cm³/mol. The van der Waals surface area contributed by atoms with Crippen molar-refractivity contribution in [2.75, 3.05) is 7.11 Å². The van der Waals surface area contributed by atoms with Gasteiger partial charge in [0.25, 0.3) is 0 Å². The molecule has 0 spiro atoms. The van der Waals surface area contributed by atoms with Crippen molar-refractivity contribution < 1.29 is 4.74 Å². The summed E-state index contributed by atoms with van der Waals surface area (Å²) in [6, 6.07) is 32.2. The van der Waals surface area contributed by atoms with Crippen LogP contribution in [0.15, 0.2) is 91.0 Å². The van der Waals surface area contributed by atoms with E-state index in [1.807, 2.05) is 6.07 Å². The van der Waals surface area contributed by atoms with E-state index in [1.54, 1.807) is 7.11 Å². The lowest BCUT2D eigenvalue weighted by Crippen LogP contribution is -2.13. The second-order valence-corrected chi connectivity index (χ2v) is 8.11. The summed E-state index contributed by atoms with van der Waals surface area (Å²) < 4.78 is 7.77. The van der Waals surface area contributed by atoms with E-state index in [9.17, 15) is 0 Å². The quantitative estimate of drug-likeness (QED) is 0.315. The molecule has 0 aliphatic rings. The summed E-state index contributed by atoms with van der Waals surface area (Å²) in [7, 11) is 1.70. The average Bonchev–Trinajstić information content (AvgIpc) is 3.22. The Labute approximate surface area is 182 Å². The zero-order valence-corrected chi connectivity index (χ0v) is 18.1. The van der Waals surface area contributed by atoms with Crippen LogP contribution in [0.1, 0.15) is 42.8 Å². The molecule has 31 heavy (non-hydrogen) atoms. The van der Waals surface area contributed by atoms with Crippen molar-refractivity contribution in [1.29, 1.82) is 0 Å². The maximum absolute atomic E-state index is 5.37. The first-order chi connectivity index (χ1) is 15.2. The number of imidazole rings is 1. The molecule has 0 bridgehead atoms. The van der Waals surface area contributed by atoms with Crippen LogP contribution in [0.25, 0.3) is 21.8 Å². The largest absolute Gasteiger partial charge is 0.497 e. The molecule has 2 unspecified atom stereocenters. The topological polar surface area (TPSA) is 27.1 Å². The number of hydrogen-bond donors (Lipinski definition) is 0. The molecule has 4 aromatic carbocycles. The predicted octanol–water partition coefficient (Wildman–Crippen LogP) is 6.96. The van der Waals surface area contributed by atoms with E-state index in [1.165, 1.54) is 27.4 Å². The van der Waals surface area contributed by atoms with Gasteiger partial charge in [-0.05, 0) is 53.1 Å². The van der Waals surface area contributed by atoms with Gasteiger partial charge in [-0.25, -0.2) is 4.98 Å². The van der Waals surface area contributed by atoms with Crippen molar-refractivity contribution in [3.8, 4) is 5.75 Å². The van der Waals surface area contributed by atoms with Crippen LogP contribution in [0.2, 0.25) is 0 Å². The minimum Gasteiger partial charge on any atom is -0.497 e. The number of fused-ring (bicyclic) bond motifs is 2. The highest BCUT2D eigenvalue weighted by Gasteiger charge is 2.22. The Bertz CT molecular complexity index is 1350. The summed E-state index contributed by atoms with van der Waals surface area (Å²) in [6.07, 6.45) is 0. The molecule has 3 heteroatoms. The Morgan fingerprint density at radius 2 is 1.45 bits per heavy atom. The van der Waals surface area contributed by atoms with E-state index < -0.39 is 0 Å². The van der Waals surface area contributed by atoms with Gasteiger partial charge in [0.2, 0.25) is 0 Å². The van der Waals surface area contributed by atoms with Gasteiger partial charge in [0, 0.05) is 5.92 Å². The highest BCUT2D eigenvalue weighted by Crippen LogP contribution is 2.34. The zero-order chi connectivity index (χ0) is 21.4. The van der Waals surface area contributed by atoms with E-state index in [0.717, 1.165) is 17.1 Å². The number of methoxy groups -OCH3 is 1. The van der Waals surface area contributed by atoms with E-state index >= 15 is 0 Å². The van der Waals surface area contributed by atoms with Crippen LogP contribution in [0.5, 0.6) is 5.75 Å². The molecule has 0 saturated heterocycles. The van der Waals surface area contributed by atoms with Crippen molar-refractivity contribution in [2.45, 2.75) is 25.8 Å². The van der Waals surface area contributed by atoms with Crippen LogP contribution in [0.4, 0.5) is 0 Å². The van der Waals surface area contributed by atoms with E-state index in [0.29, 0.717) is 0 Å². The maximum Gasteiger partial charge on any atom is 0.119 e. The number of hydrogen-bond acceptors (Lipinski definition) is 2. The molecule has 0 radical (unpaired) electrons. The summed E-state index contributed by atoms with van der Waals surface area (Å²) in [5.41, 5.74) is 4.75. The molecule has 5 rings (SSSR count). The third kappa shape index (κ3) is 3.46. The maximum atomic E-state index is 5.37. The average molecular weight is 407 g/mol. The van der Waals surface area contributed by atoms with Crippen LogP contribution in [-0.2, 0) is 0 Å². The Morgan fingerprint density at radius 3 is 2.26 bits per heavy atom. The minimum atomic E-state index is 0.157. The van der Waals surface area contributed by atoms with Gasteiger partial charge in [0.15, 0.2) is 0 Å². The third-order valence-electron chi connectivity index (χ3n) is 6.25. The van der Waals surface area contributed by atoms with Crippen LogP contribution in [0.3, 0.4) is 0 Å². The second-order valence-electron chi connectivity index (χ2n) is 8.11. The van der Waals surface area contributed by atoms with Crippen molar-refractivity contribution in [3.05, 3.63) is 108 Å². The molecule has 0 amide bonds. The number of ether oxygens (including phenoxy) is 1. The van der Waals surface area contributed by atoms with E-state index in [2.05, 4.69) is 103 Å². The molecule has 2 atom stereocenters. The molecule has 1 aromatic heterocycles. The Hall–Kier alpha value is -3.59. The summed E-state index contributed by atoms with van der Waals surface area (Å²) in [5, 5.41) is 2.39. The van der Waals surface area contributed by atoms with Gasteiger partial charge in [0.05, 0.1) is 24.2 Å². The van der Waals surface area contributed by atoms with Crippen LogP contribution in [0, 0.1) is 0 Å². The molecule has 5 aromatic rings. The molecule has 3 nitrogen and oxygen atoms in total. The van der Waals surface area contributed by atoms with E-state index in [-0.39, 0.29) is 12.0 Å². The highest BCUT2D eigenvalue weighted by atomic mass is 16.5. The number of aromatic nitrogens is 2. The molecule has 0 fully saturated rings. The molecule has 0 aliphatic heterocycles. The SMILES string of the molecule is COc1ccc2cc(C(C)c3nc4ccccc4n3C(C)c3ccccc3)ccc2c1. The monoisotopic (exact) mass is 406 g/mol. The molecule has 1 heterocycles. The Kier molecular flexibility index (Phi) is 4.95. The highest BCUT2D eigenvalue weighted by molar-refractivity contribution is 5.85. The van der Waals surface area contributed by atoms with Crippen molar-refractivity contribution in [1.82, 2.24) is 9.55 Å². The first-order valence-corrected chi connectivity index (χ1v) is 10.7. The van der Waals surface area contributed by atoms with Crippen LogP contribution < -0.4 is 4.74 Å². The van der Waals surface area contributed by atoms with E-state index in [4.69, 9.17) is 9.72 Å². The normalized spacial score (nSPS) is 13.4. The molecular weight excluding hydrogens is 380 g/mol. The van der Waals surface area contributed by atoms with Crippen molar-refractivity contribution >= 4 is 21.8 Å². The Balaban J connectivity index is 1.63. The fraction of sp³-hybridized carbons (Fsp3) is 0.179. The lowest BCUT2D eigenvalue weighted by atomic mass is 9.96. The zero-order valence-electron chi connectivity index (χ0n) is 18.1. The van der Waals surface area contributed by atoms with Gasteiger partial charge in [-0.15, -0.1) is 0 Å². The molecule has 0 saturated carbocycles. The lowest BCUT2D eigenvalue weighted by molar-refractivity contribution is 0.415. The number of benzene rings is 4. The summed E-state index contributed by atoms with van der Waals surface area (Å²) >= 11 is 0. The van der Waals surface area contributed by atoms with Gasteiger partial charge in [-0.1, -0.05) is 73.7 Å². The fourth-order valence-corrected chi connectivity index (χ4v) is 4.44. The number of nitrogens with zero attached hydrogens (tertiary/aromatic N) is 2. The van der Waals surface area contributed by atoms with Gasteiger partial charge >= 0.3 is 0 Å². The minimum absolute atomic E-state index is 0.157. The second kappa shape index (κ2) is 7.92. The standard InChI is InChI=1S/C28H26N2O/c1-19(22-13-14-24-18-25(31-3)16-15-23(24)17-22)28-29-26-11-7-8-12-27(26)30(28)20(2)21-9-5-4-6-10-21/h4-20H,1-3H3. The van der Waals surface area contributed by atoms with Crippen molar-refractivity contribution in [3.63, 3.8) is 0 Å². The van der Waals surface area contributed by atoms with Crippen molar-refractivity contribution in [2.24, 2.45) is 0 Å². The number of para-hydroxylation sites is 2. The Morgan fingerprint density at radius 1 is 0.742 bits per heavy atom. The number of rotatable bonds is 5. The summed E-state index contributed by atoms with van der Waals surface area (Å²) in [5.74, 6) is 2.13. The molecule has 0 aliphatic carbocycles. The molecular formula is C28H26N2O. The third-order valence-corrected chi connectivity index (χ3v) is 6.25. The summed E-state index contributed by atoms with van der Waals surface area (Å²) in [6.45, 7) is 4.51. The molecule has 154 valence electrons. The summed E-state index contributed by atoms with van der Waals surface area (Å²) in [4.78, 5) is 5.09. The van der Waals surface area contributed by atoms with Gasteiger partial charge in [-0.3, -0.25) is 0 Å². The van der Waals surface area contributed by atoms with Crippen LogP contribution >= 0.6 is 0 Å². The fourth-order valence-electron chi connectivity index (χ4n) is 4.44. The van der Waals surface area contributed by atoms with Crippen LogP contribution in [-0.4, -0.2) is 16.7 Å². The molecule has 0 N–H and O–H groups in total. The van der Waals surface area contributed by atoms with Gasteiger partial charge in [-0.2, -0.15) is 0 Å². The van der Waals surface area contributed by atoms with Gasteiger partial charge in [0.1, 0.15) is 11.6 Å². The smallest absolute Gasteiger partial charge is 0.119 e. The lowest BCUT2D eigenvalue weighted by Gasteiger charge is -2.21. The first-order valence-electron chi connectivity index (χ1n) is 10.7. The van der Waals surface area contributed by atoms with Gasteiger partial charge < -0.3 is 9.30 Å².